The first-order valence-electron chi connectivity index (χ1n) is 7.58. The average molecular weight is 341 g/mol. The number of hydrogen-bond acceptors (Lipinski definition) is 5. The van der Waals surface area contributed by atoms with Crippen molar-refractivity contribution in [1.82, 2.24) is 0 Å². The molecule has 0 bridgehead atoms. The van der Waals surface area contributed by atoms with E-state index in [1.165, 1.54) is 24.3 Å². The van der Waals surface area contributed by atoms with Crippen LogP contribution in [-0.2, 0) is 0 Å². The highest BCUT2D eigenvalue weighted by Gasteiger charge is 2.10. The number of non-ortho nitro benzene ring substituents is 1. The molecular weight excluding hydrogens is 330 g/mol. The number of nitriles is 2. The molecule has 0 atom stereocenters. The van der Waals surface area contributed by atoms with E-state index < -0.39 is 4.92 Å². The maximum Gasteiger partial charge on any atom is 0.269 e. The summed E-state index contributed by atoms with van der Waals surface area (Å²) < 4.78 is 5.74. The summed E-state index contributed by atoms with van der Waals surface area (Å²) in [5, 5.41) is 29.3. The van der Waals surface area contributed by atoms with Gasteiger partial charge in [-0.25, -0.2) is 0 Å². The zero-order valence-corrected chi connectivity index (χ0v) is 13.4. The van der Waals surface area contributed by atoms with Gasteiger partial charge in [0.05, 0.1) is 28.2 Å². The Morgan fingerprint density at radius 2 is 1.77 bits per heavy atom. The Labute approximate surface area is 149 Å². The van der Waals surface area contributed by atoms with Crippen LogP contribution in [0.25, 0.3) is 23.0 Å². The molecule has 1 heterocycles. The number of nitrogens with zero attached hydrogens (tertiary/aromatic N) is 3. The second kappa shape index (κ2) is 7.16. The minimum Gasteiger partial charge on any atom is -0.457 e. The summed E-state index contributed by atoms with van der Waals surface area (Å²) in [4.78, 5) is 10.2. The molecule has 0 aliphatic heterocycles. The normalized spacial score (nSPS) is 10.8. The minimum atomic E-state index is -0.495. The van der Waals surface area contributed by atoms with Crippen LogP contribution in [0.3, 0.4) is 0 Å². The van der Waals surface area contributed by atoms with Crippen LogP contribution in [-0.4, -0.2) is 4.92 Å². The molecule has 1 aromatic heterocycles. The second-order valence-electron chi connectivity index (χ2n) is 5.33. The fourth-order valence-electron chi connectivity index (χ4n) is 2.46. The van der Waals surface area contributed by atoms with Crippen molar-refractivity contribution in [2.45, 2.75) is 0 Å². The van der Waals surface area contributed by atoms with Crippen molar-refractivity contribution < 1.29 is 9.34 Å². The molecule has 0 saturated carbocycles. The van der Waals surface area contributed by atoms with E-state index in [1.54, 1.807) is 36.4 Å². The third-order valence-corrected chi connectivity index (χ3v) is 3.74. The molecule has 0 saturated heterocycles. The van der Waals surface area contributed by atoms with E-state index in [0.717, 1.165) is 0 Å². The van der Waals surface area contributed by atoms with Crippen LogP contribution in [0.1, 0.15) is 16.9 Å². The van der Waals surface area contributed by atoms with Gasteiger partial charge in [-0.2, -0.15) is 10.5 Å². The van der Waals surface area contributed by atoms with Gasteiger partial charge in [0.2, 0.25) is 0 Å². The summed E-state index contributed by atoms with van der Waals surface area (Å²) in [5.41, 5.74) is 1.99. The standard InChI is InChI=1S/C20H11N3O3/c21-12-15-3-1-2-4-19(15)20-10-9-18(26-20)11-16(13-22)14-5-7-17(8-6-14)23(24)25/h1-11H/b16-11-. The SMILES string of the molecule is N#C/C(=C/c1ccc(-c2ccccc2C#N)o1)c1ccc([N+](=O)[O-])cc1. The number of benzene rings is 2. The van der Waals surface area contributed by atoms with Gasteiger partial charge in [-0.05, 0) is 48.0 Å². The average Bonchev–Trinajstić information content (AvgIpc) is 3.14. The zero-order chi connectivity index (χ0) is 18.5. The van der Waals surface area contributed by atoms with Crippen LogP contribution >= 0.6 is 0 Å². The first kappa shape index (κ1) is 16.7. The summed E-state index contributed by atoms with van der Waals surface area (Å²) >= 11 is 0. The van der Waals surface area contributed by atoms with Crippen molar-refractivity contribution >= 4 is 17.3 Å². The predicted molar refractivity (Wildman–Crippen MR) is 95.4 cm³/mol. The number of furan rings is 1. The molecule has 0 amide bonds. The van der Waals surface area contributed by atoms with Gasteiger partial charge < -0.3 is 4.42 Å². The summed E-state index contributed by atoms with van der Waals surface area (Å²) in [5.74, 6) is 0.969. The van der Waals surface area contributed by atoms with Crippen LogP contribution in [0.2, 0.25) is 0 Å². The highest BCUT2D eigenvalue weighted by molar-refractivity contribution is 5.89. The monoisotopic (exact) mass is 341 g/mol. The van der Waals surface area contributed by atoms with E-state index in [-0.39, 0.29) is 5.69 Å². The molecule has 3 aromatic rings. The summed E-state index contributed by atoms with van der Waals surface area (Å²) in [7, 11) is 0. The number of nitro groups is 1. The van der Waals surface area contributed by atoms with Crippen LogP contribution < -0.4 is 0 Å². The fraction of sp³-hybridized carbons (Fsp3) is 0. The lowest BCUT2D eigenvalue weighted by Gasteiger charge is -2.00. The molecule has 6 heteroatoms. The van der Waals surface area contributed by atoms with Gasteiger partial charge in [0.15, 0.2) is 0 Å². The Kier molecular flexibility index (Phi) is 4.60. The Balaban J connectivity index is 1.94. The van der Waals surface area contributed by atoms with E-state index in [4.69, 9.17) is 4.42 Å². The molecule has 0 fully saturated rings. The largest absolute Gasteiger partial charge is 0.457 e. The van der Waals surface area contributed by atoms with Gasteiger partial charge in [0, 0.05) is 17.7 Å². The molecule has 0 N–H and O–H groups in total. The topological polar surface area (TPSA) is 104 Å². The molecule has 0 aliphatic carbocycles. The number of nitro benzene ring substituents is 1. The summed E-state index contributed by atoms with van der Waals surface area (Å²) in [6, 6.07) is 20.4. The zero-order valence-electron chi connectivity index (χ0n) is 13.4. The lowest BCUT2D eigenvalue weighted by molar-refractivity contribution is -0.384. The van der Waals surface area contributed by atoms with E-state index in [1.807, 2.05) is 6.07 Å². The molecule has 0 unspecified atom stereocenters. The van der Waals surface area contributed by atoms with Crippen molar-refractivity contribution in [2.75, 3.05) is 0 Å². The van der Waals surface area contributed by atoms with Crippen LogP contribution in [0, 0.1) is 32.8 Å². The van der Waals surface area contributed by atoms with Crippen LogP contribution in [0.4, 0.5) is 5.69 Å². The number of rotatable bonds is 4. The van der Waals surface area contributed by atoms with Crippen molar-refractivity contribution in [3.05, 3.63) is 87.7 Å². The van der Waals surface area contributed by atoms with E-state index in [2.05, 4.69) is 12.1 Å². The molecule has 124 valence electrons. The fourth-order valence-corrected chi connectivity index (χ4v) is 2.46. The van der Waals surface area contributed by atoms with Crippen LogP contribution in [0.15, 0.2) is 65.1 Å². The lowest BCUT2D eigenvalue weighted by Crippen LogP contribution is -1.88. The number of hydrogen-bond donors (Lipinski definition) is 0. The second-order valence-corrected chi connectivity index (χ2v) is 5.33. The highest BCUT2D eigenvalue weighted by Crippen LogP contribution is 2.27. The molecule has 0 aliphatic rings. The lowest BCUT2D eigenvalue weighted by atomic mass is 10.1. The maximum absolute atomic E-state index is 10.7. The van der Waals surface area contributed by atoms with Crippen molar-refractivity contribution in [3.8, 4) is 23.5 Å². The Morgan fingerprint density at radius 1 is 1.04 bits per heavy atom. The van der Waals surface area contributed by atoms with E-state index >= 15 is 0 Å². The van der Waals surface area contributed by atoms with Crippen molar-refractivity contribution in [2.24, 2.45) is 0 Å². The van der Waals surface area contributed by atoms with Gasteiger partial charge in [-0.15, -0.1) is 0 Å². The van der Waals surface area contributed by atoms with Crippen molar-refractivity contribution in [1.29, 1.82) is 10.5 Å². The first-order chi connectivity index (χ1) is 12.6. The Bertz CT molecular complexity index is 1080. The maximum atomic E-state index is 10.7. The van der Waals surface area contributed by atoms with Crippen molar-refractivity contribution in [3.63, 3.8) is 0 Å². The third-order valence-electron chi connectivity index (χ3n) is 3.74. The molecule has 0 radical (unpaired) electrons. The first-order valence-corrected chi connectivity index (χ1v) is 7.58. The van der Waals surface area contributed by atoms with Crippen LogP contribution in [0.5, 0.6) is 0 Å². The smallest absolute Gasteiger partial charge is 0.269 e. The van der Waals surface area contributed by atoms with Gasteiger partial charge >= 0.3 is 0 Å². The van der Waals surface area contributed by atoms with Gasteiger partial charge in [-0.1, -0.05) is 12.1 Å². The quantitative estimate of drug-likeness (QED) is 0.385. The molecule has 0 spiro atoms. The Morgan fingerprint density at radius 3 is 2.42 bits per heavy atom. The third kappa shape index (κ3) is 3.35. The minimum absolute atomic E-state index is 0.0422. The van der Waals surface area contributed by atoms with Gasteiger partial charge in [0.25, 0.3) is 5.69 Å². The molecule has 26 heavy (non-hydrogen) atoms. The van der Waals surface area contributed by atoms with Gasteiger partial charge in [0.1, 0.15) is 11.5 Å². The molecular formula is C20H11N3O3. The van der Waals surface area contributed by atoms with E-state index in [0.29, 0.717) is 33.8 Å². The van der Waals surface area contributed by atoms with Gasteiger partial charge in [-0.3, -0.25) is 10.1 Å². The molecule has 6 nitrogen and oxygen atoms in total. The Hall–Kier alpha value is -4.16. The van der Waals surface area contributed by atoms with E-state index in [9.17, 15) is 20.6 Å². The molecule has 3 rings (SSSR count). The summed E-state index contributed by atoms with van der Waals surface area (Å²) in [6.45, 7) is 0. The summed E-state index contributed by atoms with van der Waals surface area (Å²) in [6.07, 6.45) is 1.56. The molecule has 2 aromatic carbocycles. The number of allylic oxidation sites excluding steroid dienone is 1. The predicted octanol–water partition coefficient (Wildman–Crippen LogP) is 4.79. The highest BCUT2D eigenvalue weighted by atomic mass is 16.6.